The lowest BCUT2D eigenvalue weighted by Crippen LogP contribution is -2.24. The van der Waals surface area contributed by atoms with Gasteiger partial charge >= 0.3 is 0 Å². The second kappa shape index (κ2) is 9.48. The fourth-order valence-corrected chi connectivity index (χ4v) is 3.56. The summed E-state index contributed by atoms with van der Waals surface area (Å²) < 4.78 is 11.0. The van der Waals surface area contributed by atoms with Gasteiger partial charge in [0, 0.05) is 23.7 Å². The molecular weight excluding hydrogens is 348 g/mol. The highest BCUT2D eigenvalue weighted by atomic mass is 32.2. The maximum atomic E-state index is 12.0. The molecule has 1 amide bonds. The van der Waals surface area contributed by atoms with Gasteiger partial charge in [-0.1, -0.05) is 6.07 Å². The lowest BCUT2D eigenvalue weighted by atomic mass is 10.3. The van der Waals surface area contributed by atoms with Gasteiger partial charge in [0.1, 0.15) is 11.9 Å². The van der Waals surface area contributed by atoms with Crippen LogP contribution in [0.1, 0.15) is 31.2 Å². The number of nitrogens with zero attached hydrogens (tertiary/aromatic N) is 1. The monoisotopic (exact) mass is 372 g/mol. The first-order chi connectivity index (χ1) is 12.7. The van der Waals surface area contributed by atoms with Crippen molar-refractivity contribution in [2.24, 2.45) is 0 Å². The molecule has 1 fully saturated rings. The van der Waals surface area contributed by atoms with Crippen molar-refractivity contribution in [1.29, 1.82) is 0 Å². The van der Waals surface area contributed by atoms with Gasteiger partial charge in [0.25, 0.3) is 0 Å². The number of rotatable bonds is 8. The summed E-state index contributed by atoms with van der Waals surface area (Å²) in [5.41, 5.74) is 0.964. The summed E-state index contributed by atoms with van der Waals surface area (Å²) in [5, 5.41) is 2.92. The lowest BCUT2D eigenvalue weighted by molar-refractivity contribution is -0.118. The highest BCUT2D eigenvalue weighted by Gasteiger charge is 2.16. The molecule has 1 saturated carbocycles. The Morgan fingerprint density at radius 3 is 2.62 bits per heavy atom. The number of ether oxygens (including phenoxy) is 2. The van der Waals surface area contributed by atoms with Crippen LogP contribution in [0.4, 0.5) is 0 Å². The molecule has 1 aromatic heterocycles. The first kappa shape index (κ1) is 18.6. The molecule has 0 unspecified atom stereocenters. The number of pyridine rings is 1. The van der Waals surface area contributed by atoms with E-state index in [0.29, 0.717) is 24.3 Å². The van der Waals surface area contributed by atoms with Crippen molar-refractivity contribution in [2.75, 3.05) is 12.9 Å². The Morgan fingerprint density at radius 2 is 1.96 bits per heavy atom. The second-order valence-electron chi connectivity index (χ2n) is 6.27. The third-order valence-electron chi connectivity index (χ3n) is 4.31. The maximum absolute atomic E-state index is 12.0. The molecule has 0 bridgehead atoms. The van der Waals surface area contributed by atoms with E-state index in [4.69, 9.17) is 9.47 Å². The number of methoxy groups -OCH3 is 1. The molecule has 1 N–H and O–H groups in total. The molecule has 6 heteroatoms. The Bertz CT molecular complexity index is 698. The van der Waals surface area contributed by atoms with Gasteiger partial charge in [-0.25, -0.2) is 4.98 Å². The Balaban J connectivity index is 1.39. The average Bonchev–Trinajstić information content (AvgIpc) is 3.19. The van der Waals surface area contributed by atoms with Crippen LogP contribution in [-0.4, -0.2) is 29.9 Å². The average molecular weight is 372 g/mol. The summed E-state index contributed by atoms with van der Waals surface area (Å²) in [6.45, 7) is 0.471. The number of carbonyl (C=O) groups excluding carboxylic acids is 1. The van der Waals surface area contributed by atoms with Gasteiger partial charge in [0.15, 0.2) is 0 Å². The van der Waals surface area contributed by atoms with Crippen LogP contribution in [0, 0.1) is 0 Å². The predicted molar refractivity (Wildman–Crippen MR) is 103 cm³/mol. The number of thioether (sulfide) groups is 1. The number of nitrogens with one attached hydrogen (secondary N) is 1. The van der Waals surface area contributed by atoms with E-state index in [2.05, 4.69) is 10.3 Å². The minimum Gasteiger partial charge on any atom is -0.497 e. The van der Waals surface area contributed by atoms with Crippen LogP contribution in [0.2, 0.25) is 0 Å². The van der Waals surface area contributed by atoms with Crippen molar-refractivity contribution >= 4 is 17.7 Å². The molecule has 5 nitrogen and oxygen atoms in total. The molecule has 0 spiro atoms. The molecule has 1 heterocycles. The third kappa shape index (κ3) is 5.66. The zero-order valence-corrected chi connectivity index (χ0v) is 15.8. The SMILES string of the molecule is COc1ccc(SCC(=O)NCc2ccc(OC3CCCC3)nc2)cc1. The number of hydrogen-bond acceptors (Lipinski definition) is 5. The summed E-state index contributed by atoms with van der Waals surface area (Å²) in [5.74, 6) is 1.86. The van der Waals surface area contributed by atoms with Gasteiger partial charge in [0.05, 0.1) is 12.9 Å². The van der Waals surface area contributed by atoms with Crippen molar-refractivity contribution in [3.63, 3.8) is 0 Å². The Hall–Kier alpha value is -2.21. The molecule has 0 radical (unpaired) electrons. The summed E-state index contributed by atoms with van der Waals surface area (Å²) >= 11 is 1.50. The van der Waals surface area contributed by atoms with Crippen LogP contribution in [0.3, 0.4) is 0 Å². The van der Waals surface area contributed by atoms with Crippen LogP contribution < -0.4 is 14.8 Å². The molecule has 1 aliphatic carbocycles. The zero-order valence-electron chi connectivity index (χ0n) is 14.9. The molecule has 1 aliphatic rings. The first-order valence-corrected chi connectivity index (χ1v) is 9.86. The van der Waals surface area contributed by atoms with E-state index in [1.165, 1.54) is 24.6 Å². The van der Waals surface area contributed by atoms with Crippen molar-refractivity contribution in [3.8, 4) is 11.6 Å². The van der Waals surface area contributed by atoms with Gasteiger partial charge < -0.3 is 14.8 Å². The summed E-state index contributed by atoms with van der Waals surface area (Å²) in [6.07, 6.45) is 6.79. The number of carbonyl (C=O) groups is 1. The smallest absolute Gasteiger partial charge is 0.230 e. The minimum atomic E-state index is -0.00268. The number of amides is 1. The van der Waals surface area contributed by atoms with Crippen molar-refractivity contribution in [1.82, 2.24) is 10.3 Å². The Morgan fingerprint density at radius 1 is 1.19 bits per heavy atom. The molecule has 3 rings (SSSR count). The highest BCUT2D eigenvalue weighted by Crippen LogP contribution is 2.23. The molecule has 2 aromatic rings. The van der Waals surface area contributed by atoms with Crippen molar-refractivity contribution < 1.29 is 14.3 Å². The molecular formula is C20H24N2O3S. The summed E-state index contributed by atoms with van der Waals surface area (Å²) in [6, 6.07) is 11.5. The number of benzene rings is 1. The zero-order chi connectivity index (χ0) is 18.2. The van der Waals surface area contributed by atoms with Gasteiger partial charge in [-0.15, -0.1) is 11.8 Å². The first-order valence-electron chi connectivity index (χ1n) is 8.88. The van der Waals surface area contributed by atoms with E-state index >= 15 is 0 Å². The van der Waals surface area contributed by atoms with Crippen LogP contribution in [-0.2, 0) is 11.3 Å². The van der Waals surface area contributed by atoms with E-state index in [1.807, 2.05) is 36.4 Å². The molecule has 26 heavy (non-hydrogen) atoms. The Labute approximate surface area is 158 Å². The van der Waals surface area contributed by atoms with E-state index in [0.717, 1.165) is 29.1 Å². The fourth-order valence-electron chi connectivity index (χ4n) is 2.83. The molecule has 0 saturated heterocycles. The summed E-state index contributed by atoms with van der Waals surface area (Å²) in [7, 11) is 1.64. The van der Waals surface area contributed by atoms with Crippen LogP contribution in [0.15, 0.2) is 47.5 Å². The van der Waals surface area contributed by atoms with Crippen LogP contribution in [0.25, 0.3) is 0 Å². The largest absolute Gasteiger partial charge is 0.497 e. The van der Waals surface area contributed by atoms with Crippen LogP contribution in [0.5, 0.6) is 11.6 Å². The van der Waals surface area contributed by atoms with Gasteiger partial charge in [-0.2, -0.15) is 0 Å². The van der Waals surface area contributed by atoms with Crippen LogP contribution >= 0.6 is 11.8 Å². The predicted octanol–water partition coefficient (Wildman–Crippen LogP) is 3.82. The van der Waals surface area contributed by atoms with E-state index in [9.17, 15) is 4.79 Å². The third-order valence-corrected chi connectivity index (χ3v) is 5.32. The quantitative estimate of drug-likeness (QED) is 0.714. The standard InChI is InChI=1S/C20H24N2O3S/c1-24-16-7-9-18(10-8-16)26-14-19(23)21-12-15-6-11-20(22-13-15)25-17-4-2-3-5-17/h6-11,13,17H,2-5,12,14H2,1H3,(H,21,23). The fraction of sp³-hybridized carbons (Fsp3) is 0.400. The topological polar surface area (TPSA) is 60.5 Å². The van der Waals surface area contributed by atoms with Gasteiger partial charge in [-0.05, 0) is 55.5 Å². The summed E-state index contributed by atoms with van der Waals surface area (Å²) in [4.78, 5) is 17.4. The molecule has 1 aromatic carbocycles. The highest BCUT2D eigenvalue weighted by molar-refractivity contribution is 8.00. The number of hydrogen-bond donors (Lipinski definition) is 1. The maximum Gasteiger partial charge on any atom is 0.230 e. The normalized spacial score (nSPS) is 14.2. The van der Waals surface area contributed by atoms with E-state index < -0.39 is 0 Å². The van der Waals surface area contributed by atoms with Crippen molar-refractivity contribution in [2.45, 2.75) is 43.2 Å². The van der Waals surface area contributed by atoms with Gasteiger partial charge in [0.2, 0.25) is 11.8 Å². The molecule has 138 valence electrons. The minimum absolute atomic E-state index is 0.00268. The van der Waals surface area contributed by atoms with Crippen molar-refractivity contribution in [3.05, 3.63) is 48.2 Å². The van der Waals surface area contributed by atoms with E-state index in [1.54, 1.807) is 13.3 Å². The lowest BCUT2D eigenvalue weighted by Gasteiger charge is -2.12. The Kier molecular flexibility index (Phi) is 6.77. The second-order valence-corrected chi connectivity index (χ2v) is 7.32. The number of aromatic nitrogens is 1. The van der Waals surface area contributed by atoms with E-state index in [-0.39, 0.29) is 5.91 Å². The molecule has 0 atom stereocenters. The van der Waals surface area contributed by atoms with Gasteiger partial charge in [-0.3, -0.25) is 4.79 Å². The molecule has 0 aliphatic heterocycles.